The first-order chi connectivity index (χ1) is 9.59. The number of carbonyl (C=O) groups is 1. The van der Waals surface area contributed by atoms with Crippen LogP contribution >= 0.6 is 0 Å². The lowest BCUT2D eigenvalue weighted by Crippen LogP contribution is -2.15. The maximum atomic E-state index is 11.4. The number of hydrogen-bond donors (Lipinski definition) is 1. The lowest BCUT2D eigenvalue weighted by molar-refractivity contribution is 0.0291. The second-order valence-corrected chi connectivity index (χ2v) is 4.87. The van der Waals surface area contributed by atoms with E-state index < -0.39 is 5.97 Å². The molecule has 20 heavy (non-hydrogen) atoms. The SMILES string of the molecule is CC(C)OC(c1ccccc1)c1ccccc1C(=O)O. The average molecular weight is 270 g/mol. The van der Waals surface area contributed by atoms with E-state index >= 15 is 0 Å². The molecule has 0 bridgehead atoms. The zero-order valence-electron chi connectivity index (χ0n) is 11.6. The molecule has 2 aromatic rings. The summed E-state index contributed by atoms with van der Waals surface area (Å²) in [6.45, 7) is 3.89. The molecular weight excluding hydrogens is 252 g/mol. The highest BCUT2D eigenvalue weighted by Gasteiger charge is 2.21. The molecule has 0 spiro atoms. The topological polar surface area (TPSA) is 46.5 Å². The van der Waals surface area contributed by atoms with Gasteiger partial charge in [0.15, 0.2) is 0 Å². The second-order valence-electron chi connectivity index (χ2n) is 4.87. The molecule has 0 fully saturated rings. The molecule has 0 aliphatic heterocycles. The minimum absolute atomic E-state index is 0.00190. The first-order valence-electron chi connectivity index (χ1n) is 6.62. The molecule has 2 rings (SSSR count). The number of aromatic carboxylic acids is 1. The summed E-state index contributed by atoms with van der Waals surface area (Å²) >= 11 is 0. The van der Waals surface area contributed by atoms with Crippen LogP contribution in [-0.4, -0.2) is 17.2 Å². The highest BCUT2D eigenvalue weighted by molar-refractivity contribution is 5.89. The Hall–Kier alpha value is -2.13. The van der Waals surface area contributed by atoms with E-state index in [-0.39, 0.29) is 17.8 Å². The molecule has 0 heterocycles. The maximum absolute atomic E-state index is 11.4. The Morgan fingerprint density at radius 3 is 2.20 bits per heavy atom. The van der Waals surface area contributed by atoms with Crippen molar-refractivity contribution in [2.75, 3.05) is 0 Å². The summed E-state index contributed by atoms with van der Waals surface area (Å²) in [6.07, 6.45) is -0.370. The fraction of sp³-hybridized carbons (Fsp3) is 0.235. The molecule has 1 atom stereocenters. The van der Waals surface area contributed by atoms with Crippen LogP contribution in [0.3, 0.4) is 0 Å². The van der Waals surface area contributed by atoms with Gasteiger partial charge in [-0.25, -0.2) is 4.79 Å². The van der Waals surface area contributed by atoms with E-state index in [0.717, 1.165) is 5.56 Å². The quantitative estimate of drug-likeness (QED) is 0.896. The molecule has 3 nitrogen and oxygen atoms in total. The molecule has 2 aromatic carbocycles. The smallest absolute Gasteiger partial charge is 0.336 e. The van der Waals surface area contributed by atoms with Gasteiger partial charge in [0.2, 0.25) is 0 Å². The monoisotopic (exact) mass is 270 g/mol. The number of benzene rings is 2. The van der Waals surface area contributed by atoms with E-state index in [1.807, 2.05) is 56.3 Å². The molecule has 0 amide bonds. The summed E-state index contributed by atoms with van der Waals surface area (Å²) in [6, 6.07) is 16.7. The average Bonchev–Trinajstić information content (AvgIpc) is 2.45. The molecular formula is C17H18O3. The normalized spacial score (nSPS) is 12.3. The standard InChI is InChI=1S/C17H18O3/c1-12(2)20-16(13-8-4-3-5-9-13)14-10-6-7-11-15(14)17(18)19/h3-12,16H,1-2H3,(H,18,19). The summed E-state index contributed by atoms with van der Waals surface area (Å²) in [5, 5.41) is 9.34. The number of carboxylic acid groups (broad SMARTS) is 1. The minimum atomic E-state index is -0.936. The molecule has 3 heteroatoms. The largest absolute Gasteiger partial charge is 0.478 e. The van der Waals surface area contributed by atoms with Crippen LogP contribution in [0.15, 0.2) is 54.6 Å². The Bertz CT molecular complexity index is 576. The third-order valence-corrected chi connectivity index (χ3v) is 2.98. The van der Waals surface area contributed by atoms with Crippen molar-refractivity contribution in [2.24, 2.45) is 0 Å². The van der Waals surface area contributed by atoms with Crippen molar-refractivity contribution in [3.63, 3.8) is 0 Å². The van der Waals surface area contributed by atoms with E-state index in [0.29, 0.717) is 5.56 Å². The molecule has 0 saturated carbocycles. The van der Waals surface area contributed by atoms with Crippen molar-refractivity contribution in [1.82, 2.24) is 0 Å². The fourth-order valence-corrected chi connectivity index (χ4v) is 2.15. The molecule has 1 N–H and O–H groups in total. The molecule has 0 aromatic heterocycles. The van der Waals surface area contributed by atoms with Gasteiger partial charge in [-0.1, -0.05) is 48.5 Å². The molecule has 104 valence electrons. The van der Waals surface area contributed by atoms with E-state index in [2.05, 4.69) is 0 Å². The minimum Gasteiger partial charge on any atom is -0.478 e. The summed E-state index contributed by atoms with van der Waals surface area (Å²) in [7, 11) is 0. The van der Waals surface area contributed by atoms with Crippen LogP contribution in [0, 0.1) is 0 Å². The van der Waals surface area contributed by atoms with Gasteiger partial charge in [0.1, 0.15) is 6.10 Å². The third kappa shape index (κ3) is 3.25. The molecule has 0 aliphatic rings. The van der Waals surface area contributed by atoms with Crippen molar-refractivity contribution in [2.45, 2.75) is 26.1 Å². The third-order valence-electron chi connectivity index (χ3n) is 2.98. The van der Waals surface area contributed by atoms with Gasteiger partial charge in [0.25, 0.3) is 0 Å². The Labute approximate surface area is 118 Å². The highest BCUT2D eigenvalue weighted by Crippen LogP contribution is 2.29. The van der Waals surface area contributed by atoms with Gasteiger partial charge in [0, 0.05) is 0 Å². The first kappa shape index (κ1) is 14.3. The number of ether oxygens (including phenoxy) is 1. The van der Waals surface area contributed by atoms with Gasteiger partial charge >= 0.3 is 5.97 Å². The van der Waals surface area contributed by atoms with Crippen molar-refractivity contribution in [3.05, 3.63) is 71.3 Å². The Balaban J connectivity index is 2.50. The Morgan fingerprint density at radius 1 is 1.00 bits per heavy atom. The van der Waals surface area contributed by atoms with Crippen LogP contribution < -0.4 is 0 Å². The van der Waals surface area contributed by atoms with Gasteiger partial charge < -0.3 is 9.84 Å². The summed E-state index contributed by atoms with van der Waals surface area (Å²) in [5.41, 5.74) is 1.91. The van der Waals surface area contributed by atoms with Crippen molar-refractivity contribution < 1.29 is 14.6 Å². The van der Waals surface area contributed by atoms with Crippen LogP contribution in [0.1, 0.15) is 41.4 Å². The Morgan fingerprint density at radius 2 is 1.60 bits per heavy atom. The summed E-state index contributed by atoms with van der Waals surface area (Å²) in [4.78, 5) is 11.4. The van der Waals surface area contributed by atoms with Crippen LogP contribution in [0.25, 0.3) is 0 Å². The van der Waals surface area contributed by atoms with Gasteiger partial charge in [-0.15, -0.1) is 0 Å². The van der Waals surface area contributed by atoms with E-state index in [1.54, 1.807) is 12.1 Å². The molecule has 0 radical (unpaired) electrons. The summed E-state index contributed by atoms with van der Waals surface area (Å²) in [5.74, 6) is -0.936. The van der Waals surface area contributed by atoms with Crippen molar-refractivity contribution in [3.8, 4) is 0 Å². The number of hydrogen-bond acceptors (Lipinski definition) is 2. The van der Waals surface area contributed by atoms with Crippen molar-refractivity contribution in [1.29, 1.82) is 0 Å². The van der Waals surface area contributed by atoms with Gasteiger partial charge in [-0.2, -0.15) is 0 Å². The zero-order valence-corrected chi connectivity index (χ0v) is 11.6. The molecule has 0 saturated heterocycles. The van der Waals surface area contributed by atoms with Crippen LogP contribution in [0.5, 0.6) is 0 Å². The van der Waals surface area contributed by atoms with Crippen LogP contribution in [0.4, 0.5) is 0 Å². The van der Waals surface area contributed by atoms with E-state index in [9.17, 15) is 9.90 Å². The highest BCUT2D eigenvalue weighted by atomic mass is 16.5. The first-order valence-corrected chi connectivity index (χ1v) is 6.62. The van der Waals surface area contributed by atoms with Crippen LogP contribution in [0.2, 0.25) is 0 Å². The number of carboxylic acids is 1. The Kier molecular flexibility index (Phi) is 4.53. The predicted molar refractivity (Wildman–Crippen MR) is 77.9 cm³/mol. The van der Waals surface area contributed by atoms with Gasteiger partial charge in [0.05, 0.1) is 11.7 Å². The maximum Gasteiger partial charge on any atom is 0.336 e. The van der Waals surface area contributed by atoms with Crippen molar-refractivity contribution >= 4 is 5.97 Å². The van der Waals surface area contributed by atoms with Gasteiger partial charge in [-0.05, 0) is 31.0 Å². The zero-order chi connectivity index (χ0) is 14.5. The second kappa shape index (κ2) is 6.35. The van der Waals surface area contributed by atoms with E-state index in [4.69, 9.17) is 4.74 Å². The van der Waals surface area contributed by atoms with Gasteiger partial charge in [-0.3, -0.25) is 0 Å². The number of rotatable bonds is 5. The van der Waals surface area contributed by atoms with E-state index in [1.165, 1.54) is 0 Å². The lowest BCUT2D eigenvalue weighted by Gasteiger charge is -2.22. The van der Waals surface area contributed by atoms with Crippen LogP contribution in [-0.2, 0) is 4.74 Å². The summed E-state index contributed by atoms with van der Waals surface area (Å²) < 4.78 is 5.95. The fourth-order valence-electron chi connectivity index (χ4n) is 2.15. The molecule has 0 aliphatic carbocycles. The predicted octanol–water partition coefficient (Wildman–Crippen LogP) is 3.90. The molecule has 1 unspecified atom stereocenters. The lowest BCUT2D eigenvalue weighted by atomic mass is 9.96.